The van der Waals surface area contributed by atoms with Crippen LogP contribution in [-0.4, -0.2) is 16.8 Å². The van der Waals surface area contributed by atoms with Gasteiger partial charge in [0, 0.05) is 27.5 Å². The van der Waals surface area contributed by atoms with Crippen molar-refractivity contribution in [3.05, 3.63) is 40.2 Å². The molecule has 0 aliphatic rings. The van der Waals surface area contributed by atoms with Gasteiger partial charge in [-0.15, -0.1) is 0 Å². The van der Waals surface area contributed by atoms with E-state index in [-0.39, 0.29) is 24.0 Å². The first-order chi connectivity index (χ1) is 8.71. The third kappa shape index (κ3) is 2.23. The molecule has 2 rings (SSSR count). The molecule has 0 saturated heterocycles. The molecule has 0 fully saturated rings. The zero-order valence-corrected chi connectivity index (χ0v) is 10.6. The van der Waals surface area contributed by atoms with Crippen LogP contribution in [0.1, 0.15) is 11.7 Å². The normalized spacial score (nSPS) is 12.6. The fraction of sp³-hybridized carbons (Fsp3) is 0.182. The van der Waals surface area contributed by atoms with Gasteiger partial charge in [-0.3, -0.25) is 4.79 Å². The molecule has 0 amide bonds. The highest BCUT2D eigenvalue weighted by Gasteiger charge is 2.15. The summed E-state index contributed by atoms with van der Waals surface area (Å²) in [6.07, 6.45) is -0.323. The van der Waals surface area contributed by atoms with Crippen molar-refractivity contribution in [1.82, 2.24) is 4.98 Å². The molecule has 1 heterocycles. The van der Waals surface area contributed by atoms with Gasteiger partial charge in [-0.05, 0) is 17.7 Å². The number of benzene rings is 1. The van der Waals surface area contributed by atoms with Crippen molar-refractivity contribution < 1.29 is 14.7 Å². The van der Waals surface area contributed by atoms with E-state index in [4.69, 9.17) is 15.5 Å². The van der Waals surface area contributed by atoms with Crippen LogP contribution in [0.2, 0.25) is 0 Å². The average Bonchev–Trinajstić information content (AvgIpc) is 2.39. The maximum absolute atomic E-state index is 11.3. The number of rotatable bonds is 4. The molecule has 7 heteroatoms. The summed E-state index contributed by atoms with van der Waals surface area (Å²) in [6, 6.07) is 6.30. The first-order valence-corrected chi connectivity index (χ1v) is 5.71. The molecule has 0 bridgehead atoms. The van der Waals surface area contributed by atoms with Crippen LogP contribution in [-0.2, 0) is 4.52 Å². The second kappa shape index (κ2) is 5.46. The van der Waals surface area contributed by atoms with E-state index in [1.807, 2.05) is 0 Å². The fourth-order valence-corrected chi connectivity index (χ4v) is 2.12. The zero-order valence-electron chi connectivity index (χ0n) is 9.42. The van der Waals surface area contributed by atoms with Crippen LogP contribution in [0.25, 0.3) is 10.9 Å². The zero-order chi connectivity index (χ0) is 13.1. The summed E-state index contributed by atoms with van der Waals surface area (Å²) in [5, 5.41) is 9.50. The number of fused-ring (bicyclic) bond motifs is 1. The lowest BCUT2D eigenvalue weighted by Gasteiger charge is -2.16. The van der Waals surface area contributed by atoms with Crippen LogP contribution in [0, 0.1) is 0 Å². The first kappa shape index (κ1) is 13.0. The van der Waals surface area contributed by atoms with Crippen molar-refractivity contribution in [3.63, 3.8) is 0 Å². The quantitative estimate of drug-likeness (QED) is 0.439. The Labute approximate surface area is 105 Å². The Bertz CT molecular complexity index is 610. The topological polar surface area (TPSA) is 97.6 Å². The lowest BCUT2D eigenvalue weighted by Crippen LogP contribution is -2.14. The van der Waals surface area contributed by atoms with Crippen molar-refractivity contribution in [2.75, 3.05) is 6.54 Å². The highest BCUT2D eigenvalue weighted by atomic mass is 31.0. The summed E-state index contributed by atoms with van der Waals surface area (Å²) in [7, 11) is 2.16. The lowest BCUT2D eigenvalue weighted by atomic mass is 10.0. The van der Waals surface area contributed by atoms with Gasteiger partial charge in [0.05, 0.1) is 11.6 Å². The summed E-state index contributed by atoms with van der Waals surface area (Å²) >= 11 is 0. The molecule has 0 saturated carbocycles. The second-order valence-electron chi connectivity index (χ2n) is 3.72. The number of nitrogens with one attached hydrogen (secondary N) is 1. The van der Waals surface area contributed by atoms with Gasteiger partial charge in [-0.2, -0.15) is 0 Å². The van der Waals surface area contributed by atoms with Gasteiger partial charge in [0.2, 0.25) is 5.56 Å². The minimum atomic E-state index is -0.323. The lowest BCUT2D eigenvalue weighted by molar-refractivity contribution is -0.136. The van der Waals surface area contributed by atoms with Crippen molar-refractivity contribution >= 4 is 20.4 Å². The summed E-state index contributed by atoms with van der Waals surface area (Å²) in [4.78, 5) is 18.2. The molecule has 18 heavy (non-hydrogen) atoms. The van der Waals surface area contributed by atoms with E-state index < -0.39 is 0 Å². The predicted molar refractivity (Wildman–Crippen MR) is 70.4 cm³/mol. The Hall–Kier alpha value is -1.46. The van der Waals surface area contributed by atoms with Crippen LogP contribution in [0.4, 0.5) is 0 Å². The Balaban J connectivity index is 2.74. The summed E-state index contributed by atoms with van der Waals surface area (Å²) in [5.74, 6) is 0.172. The SMILES string of the molecule is NC[C@H](OP)c1ccc(OO)c2[nH]c(=O)ccc12. The molecule has 0 aliphatic carbocycles. The number of hydrogen-bond acceptors (Lipinski definition) is 5. The van der Waals surface area contributed by atoms with Gasteiger partial charge in [0.15, 0.2) is 5.75 Å². The van der Waals surface area contributed by atoms with Crippen molar-refractivity contribution in [2.45, 2.75) is 6.10 Å². The number of aromatic amines is 1. The standard InChI is InChI=1S/C11H13N2O4P/c12-5-9(17-18)6-1-3-8(16-15)11-7(6)2-4-10(14)13-11/h1-4,9,15H,5,12,18H2,(H,13,14)/t9-/m0/s1. The van der Waals surface area contributed by atoms with E-state index in [1.54, 1.807) is 18.2 Å². The summed E-state index contributed by atoms with van der Waals surface area (Å²) in [6.45, 7) is 0.289. The monoisotopic (exact) mass is 268 g/mol. The Morgan fingerprint density at radius 3 is 2.78 bits per heavy atom. The Morgan fingerprint density at radius 1 is 1.39 bits per heavy atom. The van der Waals surface area contributed by atoms with E-state index >= 15 is 0 Å². The van der Waals surface area contributed by atoms with Gasteiger partial charge in [-0.1, -0.05) is 6.07 Å². The van der Waals surface area contributed by atoms with Crippen LogP contribution in [0.3, 0.4) is 0 Å². The molecule has 1 aromatic carbocycles. The van der Waals surface area contributed by atoms with Gasteiger partial charge in [-0.25, -0.2) is 5.26 Å². The maximum atomic E-state index is 11.3. The highest BCUT2D eigenvalue weighted by molar-refractivity contribution is 7.09. The molecule has 0 spiro atoms. The van der Waals surface area contributed by atoms with E-state index in [1.165, 1.54) is 6.07 Å². The molecule has 6 nitrogen and oxygen atoms in total. The molecule has 0 radical (unpaired) electrons. The molecule has 2 atom stereocenters. The van der Waals surface area contributed by atoms with E-state index in [0.29, 0.717) is 10.9 Å². The summed E-state index contributed by atoms with van der Waals surface area (Å²) in [5.41, 5.74) is 6.54. The van der Waals surface area contributed by atoms with Gasteiger partial charge in [0.25, 0.3) is 0 Å². The van der Waals surface area contributed by atoms with Crippen molar-refractivity contribution in [1.29, 1.82) is 0 Å². The minimum Gasteiger partial charge on any atom is -0.356 e. The number of aromatic nitrogens is 1. The van der Waals surface area contributed by atoms with E-state index in [2.05, 4.69) is 19.3 Å². The van der Waals surface area contributed by atoms with Crippen LogP contribution >= 0.6 is 9.47 Å². The predicted octanol–water partition coefficient (Wildman–Crippen LogP) is 1.19. The number of hydrogen-bond donors (Lipinski definition) is 3. The van der Waals surface area contributed by atoms with E-state index in [0.717, 1.165) is 5.56 Å². The average molecular weight is 268 g/mol. The van der Waals surface area contributed by atoms with E-state index in [9.17, 15) is 4.79 Å². The molecular weight excluding hydrogens is 255 g/mol. The van der Waals surface area contributed by atoms with Crippen LogP contribution in [0.5, 0.6) is 5.75 Å². The first-order valence-electron chi connectivity index (χ1n) is 5.24. The third-order valence-electron chi connectivity index (χ3n) is 2.71. The van der Waals surface area contributed by atoms with Gasteiger partial charge >= 0.3 is 0 Å². The number of nitrogens with two attached hydrogens (primary N) is 1. The van der Waals surface area contributed by atoms with Gasteiger partial charge in [0.1, 0.15) is 0 Å². The van der Waals surface area contributed by atoms with Crippen LogP contribution < -0.4 is 16.2 Å². The summed E-state index contributed by atoms with van der Waals surface area (Å²) < 4.78 is 5.19. The smallest absolute Gasteiger partial charge is 0.248 e. The van der Waals surface area contributed by atoms with Crippen molar-refractivity contribution in [2.24, 2.45) is 5.73 Å². The Kier molecular flexibility index (Phi) is 3.93. The number of pyridine rings is 1. The molecule has 4 N–H and O–H groups in total. The van der Waals surface area contributed by atoms with Crippen molar-refractivity contribution in [3.8, 4) is 5.75 Å². The molecule has 2 aromatic rings. The van der Waals surface area contributed by atoms with Crippen LogP contribution in [0.15, 0.2) is 29.1 Å². The maximum Gasteiger partial charge on any atom is 0.248 e. The molecule has 96 valence electrons. The number of H-pyrrole nitrogens is 1. The third-order valence-corrected chi connectivity index (χ3v) is 3.04. The van der Waals surface area contributed by atoms with Gasteiger partial charge < -0.3 is 20.1 Å². The molecule has 0 aliphatic heterocycles. The highest BCUT2D eigenvalue weighted by Crippen LogP contribution is 2.31. The second-order valence-corrected chi connectivity index (χ2v) is 3.99. The molecule has 1 unspecified atom stereocenters. The largest absolute Gasteiger partial charge is 0.356 e. The Morgan fingerprint density at radius 2 is 2.17 bits per heavy atom. The minimum absolute atomic E-state index is 0.172. The molecular formula is C11H13N2O4P. The molecule has 1 aromatic heterocycles. The fourth-order valence-electron chi connectivity index (χ4n) is 1.86.